The zero-order valence-corrected chi connectivity index (χ0v) is 8.43. The van der Waals surface area contributed by atoms with E-state index < -0.39 is 10.1 Å². The number of halogens is 1. The molecular formula is C5H6ClFeNO3S. The van der Waals surface area contributed by atoms with Crippen molar-refractivity contribution in [1.29, 1.82) is 0 Å². The fourth-order valence-electron chi connectivity index (χ4n) is 0.500. The van der Waals surface area contributed by atoms with E-state index in [1.807, 2.05) is 0 Å². The molecule has 0 bridgehead atoms. The molecule has 0 radical (unpaired) electrons. The Kier molecular flexibility index (Phi) is 6.60. The molecule has 4 nitrogen and oxygen atoms in total. The molecule has 1 aromatic rings. The van der Waals surface area contributed by atoms with Gasteiger partial charge in [0.25, 0.3) is 0 Å². The second-order valence-corrected chi connectivity index (χ2v) is 3.01. The predicted octanol–water partition coefficient (Wildman–Crippen LogP) is 0.748. The number of hydrogen-bond acceptors (Lipinski definition) is 3. The summed E-state index contributed by atoms with van der Waals surface area (Å²) >= 11 is 0. The van der Waals surface area contributed by atoms with E-state index in [-0.39, 0.29) is 34.5 Å². The first-order valence-electron chi connectivity index (χ1n) is 2.49. The Labute approximate surface area is 87.0 Å². The molecular weight excluding hydrogens is 245 g/mol. The first kappa shape index (κ1) is 14.4. The van der Waals surface area contributed by atoms with Crippen LogP contribution in [0.3, 0.4) is 0 Å². The van der Waals surface area contributed by atoms with Gasteiger partial charge in [0.05, 0.1) is 0 Å². The van der Waals surface area contributed by atoms with Crippen LogP contribution in [0.1, 0.15) is 0 Å². The summed E-state index contributed by atoms with van der Waals surface area (Å²) in [6.45, 7) is 0. The molecule has 1 heterocycles. The Bertz CT molecular complexity index is 315. The van der Waals surface area contributed by atoms with E-state index in [0.29, 0.717) is 0 Å². The monoisotopic (exact) mass is 251 g/mol. The maximum Gasteiger partial charge on any atom is 0.312 e. The molecule has 1 rings (SSSR count). The van der Waals surface area contributed by atoms with Crippen LogP contribution in [-0.2, 0) is 27.2 Å². The zero-order valence-electron chi connectivity index (χ0n) is 5.69. The van der Waals surface area contributed by atoms with Gasteiger partial charge in [-0.3, -0.25) is 4.55 Å². The zero-order chi connectivity index (χ0) is 7.61. The van der Waals surface area contributed by atoms with Crippen LogP contribution < -0.4 is 0 Å². The average molecular weight is 251 g/mol. The molecule has 0 saturated heterocycles. The van der Waals surface area contributed by atoms with Crippen molar-refractivity contribution in [3.8, 4) is 0 Å². The van der Waals surface area contributed by atoms with Crippen LogP contribution in [0.25, 0.3) is 0 Å². The van der Waals surface area contributed by atoms with Crippen LogP contribution in [0.15, 0.2) is 29.4 Å². The normalized spacial score (nSPS) is 9.42. The van der Waals surface area contributed by atoms with Gasteiger partial charge in [-0.2, -0.15) is 8.42 Å². The number of rotatable bonds is 1. The van der Waals surface area contributed by atoms with Gasteiger partial charge < -0.3 is 0 Å². The SMILES string of the molecule is Cl.O=S(=O)(O)c1ccccn1.[Fe]. The van der Waals surface area contributed by atoms with Crippen molar-refractivity contribution in [3.63, 3.8) is 0 Å². The minimum absolute atomic E-state index is 0. The number of hydrogen-bond donors (Lipinski definition) is 1. The van der Waals surface area contributed by atoms with Crippen LogP contribution in [-0.4, -0.2) is 18.0 Å². The van der Waals surface area contributed by atoms with Crippen LogP contribution in [0, 0.1) is 0 Å². The standard InChI is InChI=1S/C5H5NO3S.ClH.Fe/c7-10(8,9)5-3-1-2-4-6-5;;/h1-4H,(H,7,8,9);1H;. The van der Waals surface area contributed by atoms with Crippen molar-refractivity contribution in [1.82, 2.24) is 4.98 Å². The molecule has 0 unspecified atom stereocenters. The Morgan fingerprint density at radius 3 is 2.17 bits per heavy atom. The molecule has 0 fully saturated rings. The number of nitrogens with zero attached hydrogens (tertiary/aromatic N) is 1. The molecule has 7 heteroatoms. The topological polar surface area (TPSA) is 67.3 Å². The molecule has 0 spiro atoms. The number of pyridine rings is 1. The van der Waals surface area contributed by atoms with Crippen molar-refractivity contribution in [2.75, 3.05) is 0 Å². The van der Waals surface area contributed by atoms with Gasteiger partial charge >= 0.3 is 10.1 Å². The quantitative estimate of drug-likeness (QED) is 0.591. The average Bonchev–Trinajstić information content (AvgIpc) is 1.88. The van der Waals surface area contributed by atoms with Crippen molar-refractivity contribution < 1.29 is 30.0 Å². The molecule has 70 valence electrons. The summed E-state index contributed by atoms with van der Waals surface area (Å²) in [6, 6.07) is 4.26. The predicted molar refractivity (Wildman–Crippen MR) is 41.3 cm³/mol. The van der Waals surface area contributed by atoms with Crippen molar-refractivity contribution in [3.05, 3.63) is 24.4 Å². The van der Waals surface area contributed by atoms with E-state index in [0.717, 1.165) is 0 Å². The molecule has 1 N–H and O–H groups in total. The van der Waals surface area contributed by atoms with Gasteiger partial charge in [-0.05, 0) is 12.1 Å². The van der Waals surface area contributed by atoms with Gasteiger partial charge in [0.1, 0.15) is 0 Å². The summed E-state index contributed by atoms with van der Waals surface area (Å²) in [5, 5.41) is -0.324. The van der Waals surface area contributed by atoms with Crippen molar-refractivity contribution in [2.45, 2.75) is 5.03 Å². The Morgan fingerprint density at radius 2 is 1.92 bits per heavy atom. The molecule has 1 aromatic heterocycles. The van der Waals surface area contributed by atoms with E-state index >= 15 is 0 Å². The van der Waals surface area contributed by atoms with Gasteiger partial charge in [-0.15, -0.1) is 12.4 Å². The van der Waals surface area contributed by atoms with E-state index in [4.69, 9.17) is 4.55 Å². The van der Waals surface area contributed by atoms with E-state index in [1.54, 1.807) is 6.07 Å². The van der Waals surface area contributed by atoms with Gasteiger partial charge in [0, 0.05) is 23.3 Å². The van der Waals surface area contributed by atoms with Crippen molar-refractivity contribution in [2.24, 2.45) is 0 Å². The minimum Gasteiger partial charge on any atom is -0.281 e. The maximum atomic E-state index is 10.3. The number of aromatic nitrogens is 1. The minimum atomic E-state index is -4.11. The molecule has 12 heavy (non-hydrogen) atoms. The third kappa shape index (κ3) is 4.04. The second kappa shape index (κ2) is 5.50. The van der Waals surface area contributed by atoms with Crippen molar-refractivity contribution >= 4 is 22.5 Å². The molecule has 0 aromatic carbocycles. The van der Waals surface area contributed by atoms with Crippen LogP contribution >= 0.6 is 12.4 Å². The van der Waals surface area contributed by atoms with Gasteiger partial charge in [-0.1, -0.05) is 6.07 Å². The third-order valence-electron chi connectivity index (χ3n) is 0.902. The largest absolute Gasteiger partial charge is 0.312 e. The van der Waals surface area contributed by atoms with Gasteiger partial charge in [0.15, 0.2) is 5.03 Å². The molecule has 0 aliphatic heterocycles. The van der Waals surface area contributed by atoms with E-state index in [2.05, 4.69) is 4.98 Å². The van der Waals surface area contributed by atoms with Crippen LogP contribution in [0.5, 0.6) is 0 Å². The summed E-state index contributed by atoms with van der Waals surface area (Å²) in [5.41, 5.74) is 0. The summed E-state index contributed by atoms with van der Waals surface area (Å²) < 4.78 is 29.1. The first-order valence-corrected chi connectivity index (χ1v) is 3.93. The maximum absolute atomic E-state index is 10.3. The summed E-state index contributed by atoms with van der Waals surface area (Å²) in [6.07, 6.45) is 1.29. The van der Waals surface area contributed by atoms with Gasteiger partial charge in [0.2, 0.25) is 0 Å². The molecule has 0 aliphatic carbocycles. The Hall–Kier alpha value is -0.131. The molecule has 0 amide bonds. The summed E-state index contributed by atoms with van der Waals surface area (Å²) in [5.74, 6) is 0. The van der Waals surface area contributed by atoms with Gasteiger partial charge in [-0.25, -0.2) is 4.98 Å². The Balaban J connectivity index is 0. The van der Waals surface area contributed by atoms with Crippen LogP contribution in [0.2, 0.25) is 0 Å². The Morgan fingerprint density at radius 1 is 1.33 bits per heavy atom. The summed E-state index contributed by atoms with van der Waals surface area (Å²) in [4.78, 5) is 3.41. The molecule has 0 aliphatic rings. The van der Waals surface area contributed by atoms with E-state index in [9.17, 15) is 8.42 Å². The van der Waals surface area contributed by atoms with E-state index in [1.165, 1.54) is 18.3 Å². The molecule has 0 atom stereocenters. The first-order chi connectivity index (χ1) is 4.61. The fraction of sp³-hybridized carbons (Fsp3) is 0. The fourth-order valence-corrected chi connectivity index (χ4v) is 0.944. The second-order valence-electron chi connectivity index (χ2n) is 1.64. The van der Waals surface area contributed by atoms with Crippen LogP contribution in [0.4, 0.5) is 0 Å². The third-order valence-corrected chi connectivity index (χ3v) is 1.67. The molecule has 0 saturated carbocycles. The summed E-state index contributed by atoms with van der Waals surface area (Å²) in [7, 11) is -4.11. The smallest absolute Gasteiger partial charge is 0.281 e.